The molecule has 3 heterocycles. The van der Waals surface area contributed by atoms with Crippen molar-refractivity contribution in [2.75, 3.05) is 0 Å². The highest BCUT2D eigenvalue weighted by atomic mass is 15.0. The summed E-state index contributed by atoms with van der Waals surface area (Å²) in [5.74, 6) is 0. The van der Waals surface area contributed by atoms with Crippen molar-refractivity contribution in [2.45, 2.75) is 41.5 Å². The maximum absolute atomic E-state index is 10.7. The molecular weight excluding hydrogens is 705 g/mol. The molecule has 10 aromatic rings. The second-order valence-electron chi connectivity index (χ2n) is 15.9. The number of nitriles is 1. The van der Waals surface area contributed by atoms with Crippen molar-refractivity contribution in [3.05, 3.63) is 185 Å². The fourth-order valence-corrected chi connectivity index (χ4v) is 9.89. The van der Waals surface area contributed by atoms with E-state index in [9.17, 15) is 5.26 Å². The molecule has 0 aliphatic heterocycles. The largest absolute Gasteiger partial charge is 0.307 e. The number of para-hydroxylation sites is 2. The Morgan fingerprint density at radius 3 is 1.31 bits per heavy atom. The third kappa shape index (κ3) is 5.39. The van der Waals surface area contributed by atoms with Crippen LogP contribution in [0.3, 0.4) is 0 Å². The van der Waals surface area contributed by atoms with Gasteiger partial charge in [-0.2, -0.15) is 5.26 Å². The summed E-state index contributed by atoms with van der Waals surface area (Å²) in [4.78, 5) is 5.08. The molecule has 0 aliphatic carbocycles. The van der Waals surface area contributed by atoms with Crippen molar-refractivity contribution < 1.29 is 0 Å². The summed E-state index contributed by atoms with van der Waals surface area (Å²) in [6.45, 7) is 13.1. The number of hydrogen-bond donors (Lipinski definition) is 0. The van der Waals surface area contributed by atoms with Gasteiger partial charge in [-0.05, 0) is 116 Å². The minimum atomic E-state index is 0.607. The van der Waals surface area contributed by atoms with Gasteiger partial charge in [-0.1, -0.05) is 114 Å². The van der Waals surface area contributed by atoms with Gasteiger partial charge in [0.2, 0.25) is 0 Å². The Bertz CT molecular complexity index is 3130. The molecule has 7 aromatic carbocycles. The molecule has 0 fully saturated rings. The van der Waals surface area contributed by atoms with Gasteiger partial charge in [0.1, 0.15) is 0 Å². The number of hydrogen-bond acceptors (Lipinski definition) is 2. The minimum Gasteiger partial charge on any atom is -0.307 e. The van der Waals surface area contributed by atoms with E-state index in [2.05, 4.69) is 172 Å². The Kier molecular flexibility index (Phi) is 8.18. The van der Waals surface area contributed by atoms with Gasteiger partial charge in [-0.3, -0.25) is 4.98 Å². The SMILES string of the molecule is Cc1cc(C)c(-c2ccc3c4ccccc4n(-c4cncc(-n5c6ccccc6c6ccc(-c7c(C)cc(C)cc7C)cc65)c4-c4ccccc4C#N)c3c2)c(C)c1. The van der Waals surface area contributed by atoms with Crippen molar-refractivity contribution in [2.24, 2.45) is 0 Å². The van der Waals surface area contributed by atoms with Gasteiger partial charge in [0.25, 0.3) is 0 Å². The molecule has 0 spiro atoms. The topological polar surface area (TPSA) is 46.5 Å². The second kappa shape index (κ2) is 13.5. The summed E-state index contributed by atoms with van der Waals surface area (Å²) in [6, 6.07) is 50.6. The number of fused-ring (bicyclic) bond motifs is 6. The van der Waals surface area contributed by atoms with Crippen LogP contribution in [-0.2, 0) is 0 Å². The summed E-state index contributed by atoms with van der Waals surface area (Å²) in [5, 5.41) is 15.4. The van der Waals surface area contributed by atoms with Crippen molar-refractivity contribution >= 4 is 43.6 Å². The molecular formula is C54H42N4. The lowest BCUT2D eigenvalue weighted by Crippen LogP contribution is -2.06. The molecule has 10 rings (SSSR count). The maximum Gasteiger partial charge on any atom is 0.0998 e. The van der Waals surface area contributed by atoms with Gasteiger partial charge < -0.3 is 9.13 Å². The van der Waals surface area contributed by atoms with E-state index in [-0.39, 0.29) is 0 Å². The fourth-order valence-electron chi connectivity index (χ4n) is 9.89. The molecule has 3 aromatic heterocycles. The second-order valence-corrected chi connectivity index (χ2v) is 15.9. The Morgan fingerprint density at radius 1 is 0.431 bits per heavy atom. The van der Waals surface area contributed by atoms with Gasteiger partial charge in [-0.25, -0.2) is 0 Å². The molecule has 4 nitrogen and oxygen atoms in total. The quantitative estimate of drug-likeness (QED) is 0.176. The first kappa shape index (κ1) is 35.2. The monoisotopic (exact) mass is 746 g/mol. The number of rotatable bonds is 5. The average Bonchev–Trinajstić information content (AvgIpc) is 3.72. The number of benzene rings is 7. The molecule has 0 saturated carbocycles. The average molecular weight is 747 g/mol. The number of pyridine rings is 1. The Hall–Kier alpha value is -7.22. The van der Waals surface area contributed by atoms with Crippen LogP contribution in [0.1, 0.15) is 38.9 Å². The molecule has 0 N–H and O–H groups in total. The van der Waals surface area contributed by atoms with Crippen molar-refractivity contribution in [3.8, 4) is 50.8 Å². The highest BCUT2D eigenvalue weighted by Gasteiger charge is 2.24. The van der Waals surface area contributed by atoms with Crippen LogP contribution in [-0.4, -0.2) is 14.1 Å². The van der Waals surface area contributed by atoms with Crippen LogP contribution in [0, 0.1) is 52.9 Å². The van der Waals surface area contributed by atoms with Crippen molar-refractivity contribution in [3.63, 3.8) is 0 Å². The van der Waals surface area contributed by atoms with E-state index >= 15 is 0 Å². The van der Waals surface area contributed by atoms with Gasteiger partial charge in [0, 0.05) is 32.7 Å². The molecule has 0 aliphatic rings. The van der Waals surface area contributed by atoms with Crippen molar-refractivity contribution in [1.82, 2.24) is 14.1 Å². The smallest absolute Gasteiger partial charge is 0.0998 e. The van der Waals surface area contributed by atoms with Crippen molar-refractivity contribution in [1.29, 1.82) is 5.26 Å². The molecule has 0 saturated heterocycles. The lowest BCUT2D eigenvalue weighted by atomic mass is 9.93. The van der Waals surface area contributed by atoms with E-state index in [4.69, 9.17) is 4.98 Å². The van der Waals surface area contributed by atoms with Crippen LogP contribution in [0.2, 0.25) is 0 Å². The predicted octanol–water partition coefficient (Wildman–Crippen LogP) is 14.0. The van der Waals surface area contributed by atoms with Crippen LogP contribution in [0.15, 0.2) is 146 Å². The maximum atomic E-state index is 10.7. The first-order chi connectivity index (χ1) is 28.2. The third-order valence-electron chi connectivity index (χ3n) is 12.0. The standard InChI is InChI=1S/C54H42N4/c1-32-23-34(3)52(35(4)24-32)38-19-21-44-42-15-9-11-17-46(42)57(48(44)27-38)50-30-56-31-51(54(50)41-14-8-7-13-40(41)29-55)58-47-18-12-10-16-43(47)45-22-20-39(28-49(45)58)53-36(5)25-33(2)26-37(53)6/h7-28,30-31H,1-6H3. The minimum absolute atomic E-state index is 0.607. The Balaban J connectivity index is 1.34. The highest BCUT2D eigenvalue weighted by Crippen LogP contribution is 2.44. The highest BCUT2D eigenvalue weighted by molar-refractivity contribution is 6.13. The molecule has 0 unspecified atom stereocenters. The van der Waals surface area contributed by atoms with E-state index in [0.29, 0.717) is 5.56 Å². The van der Waals surface area contributed by atoms with Gasteiger partial charge in [0.15, 0.2) is 0 Å². The van der Waals surface area contributed by atoms with Gasteiger partial charge >= 0.3 is 0 Å². The lowest BCUT2D eigenvalue weighted by Gasteiger charge is -2.20. The molecule has 0 bridgehead atoms. The summed E-state index contributed by atoms with van der Waals surface area (Å²) in [7, 11) is 0. The zero-order chi connectivity index (χ0) is 39.8. The summed E-state index contributed by atoms with van der Waals surface area (Å²) < 4.78 is 4.73. The van der Waals surface area contributed by atoms with Crippen LogP contribution >= 0.6 is 0 Å². The van der Waals surface area contributed by atoms with Crippen LogP contribution < -0.4 is 0 Å². The Labute approximate surface area is 338 Å². The normalized spacial score (nSPS) is 11.6. The third-order valence-corrected chi connectivity index (χ3v) is 12.0. The van der Waals surface area contributed by atoms with Gasteiger partial charge in [0.05, 0.1) is 57.5 Å². The lowest BCUT2D eigenvalue weighted by molar-refractivity contribution is 1.09. The van der Waals surface area contributed by atoms with Crippen LogP contribution in [0.4, 0.5) is 0 Å². The number of aromatic nitrogens is 3. The first-order valence-electron chi connectivity index (χ1n) is 19.9. The molecule has 0 atom stereocenters. The summed E-state index contributed by atoms with van der Waals surface area (Å²) in [5.41, 5.74) is 21.0. The van der Waals surface area contributed by atoms with Crippen LogP contribution in [0.5, 0.6) is 0 Å². The van der Waals surface area contributed by atoms with E-state index in [1.807, 2.05) is 30.6 Å². The van der Waals surface area contributed by atoms with E-state index in [1.54, 1.807) is 0 Å². The molecule has 0 radical (unpaired) electrons. The van der Waals surface area contributed by atoms with E-state index < -0.39 is 0 Å². The van der Waals surface area contributed by atoms with E-state index in [1.165, 1.54) is 55.6 Å². The first-order valence-corrected chi connectivity index (χ1v) is 19.9. The summed E-state index contributed by atoms with van der Waals surface area (Å²) in [6.07, 6.45) is 3.96. The molecule has 0 amide bonds. The molecule has 58 heavy (non-hydrogen) atoms. The predicted molar refractivity (Wildman–Crippen MR) is 242 cm³/mol. The van der Waals surface area contributed by atoms with Gasteiger partial charge in [-0.15, -0.1) is 0 Å². The Morgan fingerprint density at radius 2 is 0.845 bits per heavy atom. The number of nitrogens with zero attached hydrogens (tertiary/aromatic N) is 4. The zero-order valence-electron chi connectivity index (χ0n) is 33.6. The van der Waals surface area contributed by atoms with Crippen LogP contribution in [0.25, 0.3) is 88.4 Å². The van der Waals surface area contributed by atoms with E-state index in [0.717, 1.165) is 66.1 Å². The zero-order valence-corrected chi connectivity index (χ0v) is 33.6. The molecule has 278 valence electrons. The summed E-state index contributed by atoms with van der Waals surface area (Å²) >= 11 is 0. The molecule has 4 heteroatoms. The number of aryl methyl sites for hydroxylation is 6. The fraction of sp³-hybridized carbons (Fsp3) is 0.111.